The molecule has 1 atom stereocenters. The zero-order valence-electron chi connectivity index (χ0n) is 15.4. The highest BCUT2D eigenvalue weighted by Gasteiger charge is 2.15. The first-order valence-corrected chi connectivity index (χ1v) is 8.78. The highest BCUT2D eigenvalue weighted by Crippen LogP contribution is 2.22. The molecule has 2 rings (SSSR count). The van der Waals surface area contributed by atoms with E-state index in [-0.39, 0.29) is 5.91 Å². The van der Waals surface area contributed by atoms with Crippen LogP contribution in [0, 0.1) is 6.92 Å². The van der Waals surface area contributed by atoms with Crippen LogP contribution < -0.4 is 14.9 Å². The Morgan fingerprint density at radius 2 is 1.92 bits per heavy atom. The molecule has 0 aliphatic heterocycles. The summed E-state index contributed by atoms with van der Waals surface area (Å²) in [6.45, 7) is 7.92. The number of nitrogens with zero attached hydrogens (tertiary/aromatic N) is 1. The predicted octanol–water partition coefficient (Wildman–Crippen LogP) is 4.35. The lowest BCUT2D eigenvalue weighted by Crippen LogP contribution is -2.34. The van der Waals surface area contributed by atoms with Gasteiger partial charge in [-0.05, 0) is 81.3 Å². The van der Waals surface area contributed by atoms with E-state index in [0.717, 1.165) is 16.9 Å². The first-order chi connectivity index (χ1) is 12.4. The molecular weight excluding hydrogens is 352 g/mol. The van der Waals surface area contributed by atoms with Crippen LogP contribution >= 0.6 is 11.6 Å². The molecule has 0 fully saturated rings. The van der Waals surface area contributed by atoms with E-state index in [2.05, 4.69) is 10.5 Å². The fourth-order valence-corrected chi connectivity index (χ4v) is 2.47. The van der Waals surface area contributed by atoms with Crippen molar-refractivity contribution in [3.8, 4) is 11.5 Å². The molecule has 0 radical (unpaired) electrons. The lowest BCUT2D eigenvalue weighted by molar-refractivity contribution is -0.127. The number of carbonyl (C=O) groups excluding carboxylic acids is 1. The molecule has 6 heteroatoms. The molecule has 5 nitrogen and oxygen atoms in total. The van der Waals surface area contributed by atoms with E-state index in [4.69, 9.17) is 21.1 Å². The SMILES string of the molecule is CCOc1ccc(C(C)=NNC(=O)C(C)Oc2ccc(Cl)cc2C)cc1. The molecule has 0 heterocycles. The van der Waals surface area contributed by atoms with Crippen molar-refractivity contribution in [2.24, 2.45) is 5.10 Å². The standard InChI is InChI=1S/C20H23ClN2O3/c1-5-25-18-9-6-16(7-10-18)14(3)22-23-20(24)15(4)26-19-11-8-17(21)12-13(19)2/h6-12,15H,5H2,1-4H3,(H,23,24). The number of halogens is 1. The second-order valence-electron chi connectivity index (χ2n) is 5.80. The van der Waals surface area contributed by atoms with E-state index in [1.807, 2.05) is 45.0 Å². The predicted molar refractivity (Wildman–Crippen MR) is 104 cm³/mol. The van der Waals surface area contributed by atoms with Crippen molar-refractivity contribution >= 4 is 23.2 Å². The Kier molecular flexibility index (Phi) is 7.04. The Balaban J connectivity index is 1.96. The van der Waals surface area contributed by atoms with Crippen molar-refractivity contribution in [2.45, 2.75) is 33.8 Å². The van der Waals surface area contributed by atoms with Crippen molar-refractivity contribution in [2.75, 3.05) is 6.61 Å². The van der Waals surface area contributed by atoms with Gasteiger partial charge in [0.2, 0.25) is 0 Å². The minimum Gasteiger partial charge on any atom is -0.494 e. The average Bonchev–Trinajstić information content (AvgIpc) is 2.62. The largest absolute Gasteiger partial charge is 0.494 e. The zero-order valence-corrected chi connectivity index (χ0v) is 16.1. The minimum atomic E-state index is -0.688. The fraction of sp³-hybridized carbons (Fsp3) is 0.300. The van der Waals surface area contributed by atoms with Gasteiger partial charge in [0.25, 0.3) is 5.91 Å². The monoisotopic (exact) mass is 374 g/mol. The Bertz CT molecular complexity index is 788. The van der Waals surface area contributed by atoms with Gasteiger partial charge in [-0.25, -0.2) is 5.43 Å². The number of hydrogen-bond donors (Lipinski definition) is 1. The minimum absolute atomic E-state index is 0.329. The van der Waals surface area contributed by atoms with Crippen molar-refractivity contribution in [3.05, 3.63) is 58.6 Å². The molecule has 2 aromatic carbocycles. The van der Waals surface area contributed by atoms with Crippen LogP contribution in [0.4, 0.5) is 0 Å². The normalized spacial score (nSPS) is 12.4. The van der Waals surface area contributed by atoms with Crippen LogP contribution in [-0.4, -0.2) is 24.3 Å². The summed E-state index contributed by atoms with van der Waals surface area (Å²) in [6.07, 6.45) is -0.688. The highest BCUT2D eigenvalue weighted by atomic mass is 35.5. The smallest absolute Gasteiger partial charge is 0.280 e. The van der Waals surface area contributed by atoms with Gasteiger partial charge in [-0.2, -0.15) is 5.10 Å². The van der Waals surface area contributed by atoms with Gasteiger partial charge in [0.1, 0.15) is 11.5 Å². The second-order valence-corrected chi connectivity index (χ2v) is 6.24. The van der Waals surface area contributed by atoms with Crippen LogP contribution in [0.3, 0.4) is 0 Å². The number of hydrazone groups is 1. The number of benzene rings is 2. The van der Waals surface area contributed by atoms with Crippen LogP contribution in [0.5, 0.6) is 11.5 Å². The fourth-order valence-electron chi connectivity index (χ4n) is 2.24. The summed E-state index contributed by atoms with van der Waals surface area (Å²) in [7, 11) is 0. The molecule has 1 N–H and O–H groups in total. The highest BCUT2D eigenvalue weighted by molar-refractivity contribution is 6.30. The van der Waals surface area contributed by atoms with E-state index in [1.165, 1.54) is 0 Å². The van der Waals surface area contributed by atoms with Gasteiger partial charge < -0.3 is 9.47 Å². The molecule has 0 aliphatic carbocycles. The molecule has 0 saturated heterocycles. The molecule has 0 aliphatic rings. The summed E-state index contributed by atoms with van der Waals surface area (Å²) in [6, 6.07) is 12.8. The molecule has 138 valence electrons. The van der Waals surface area contributed by atoms with Crippen molar-refractivity contribution in [1.29, 1.82) is 0 Å². The Morgan fingerprint density at radius 3 is 2.54 bits per heavy atom. The van der Waals surface area contributed by atoms with Crippen LogP contribution in [0.25, 0.3) is 0 Å². The van der Waals surface area contributed by atoms with E-state index >= 15 is 0 Å². The lowest BCUT2D eigenvalue weighted by atomic mass is 10.1. The first-order valence-electron chi connectivity index (χ1n) is 8.41. The third-order valence-corrected chi connectivity index (χ3v) is 3.96. The third kappa shape index (κ3) is 5.49. The van der Waals surface area contributed by atoms with Crippen LogP contribution in [-0.2, 0) is 4.79 Å². The lowest BCUT2D eigenvalue weighted by Gasteiger charge is -2.15. The molecule has 2 aromatic rings. The quantitative estimate of drug-likeness (QED) is 0.578. The second kappa shape index (κ2) is 9.25. The van der Waals surface area contributed by atoms with Gasteiger partial charge in [-0.3, -0.25) is 4.79 Å². The van der Waals surface area contributed by atoms with Gasteiger partial charge in [-0.15, -0.1) is 0 Å². The summed E-state index contributed by atoms with van der Waals surface area (Å²) in [5.41, 5.74) is 5.00. The summed E-state index contributed by atoms with van der Waals surface area (Å²) in [5, 5.41) is 4.77. The summed E-state index contributed by atoms with van der Waals surface area (Å²) in [4.78, 5) is 12.2. The number of carbonyl (C=O) groups is 1. The Hall–Kier alpha value is -2.53. The van der Waals surface area contributed by atoms with E-state index in [0.29, 0.717) is 23.1 Å². The Labute approximate surface area is 159 Å². The molecule has 0 bridgehead atoms. The summed E-state index contributed by atoms with van der Waals surface area (Å²) >= 11 is 5.93. The molecular formula is C20H23ClN2O3. The number of aryl methyl sites for hydroxylation is 1. The summed E-state index contributed by atoms with van der Waals surface area (Å²) < 4.78 is 11.1. The summed E-state index contributed by atoms with van der Waals surface area (Å²) in [5.74, 6) is 1.09. The number of amides is 1. The van der Waals surface area contributed by atoms with Crippen molar-refractivity contribution < 1.29 is 14.3 Å². The first kappa shape index (κ1) is 19.8. The van der Waals surface area contributed by atoms with Crippen LogP contribution in [0.2, 0.25) is 5.02 Å². The van der Waals surface area contributed by atoms with E-state index in [9.17, 15) is 4.79 Å². The zero-order chi connectivity index (χ0) is 19.1. The number of nitrogens with one attached hydrogen (secondary N) is 1. The topological polar surface area (TPSA) is 59.9 Å². The van der Waals surface area contributed by atoms with Crippen molar-refractivity contribution in [1.82, 2.24) is 5.43 Å². The van der Waals surface area contributed by atoms with Crippen LogP contribution in [0.15, 0.2) is 47.6 Å². The molecule has 0 saturated carbocycles. The van der Waals surface area contributed by atoms with E-state index in [1.54, 1.807) is 25.1 Å². The maximum absolute atomic E-state index is 12.2. The molecule has 0 aromatic heterocycles. The Morgan fingerprint density at radius 1 is 1.23 bits per heavy atom. The molecule has 0 spiro atoms. The van der Waals surface area contributed by atoms with Crippen LogP contribution in [0.1, 0.15) is 31.9 Å². The molecule has 1 unspecified atom stereocenters. The van der Waals surface area contributed by atoms with E-state index < -0.39 is 6.10 Å². The van der Waals surface area contributed by atoms with Gasteiger partial charge in [0, 0.05) is 5.02 Å². The molecule has 26 heavy (non-hydrogen) atoms. The van der Waals surface area contributed by atoms with Gasteiger partial charge in [0.05, 0.1) is 12.3 Å². The number of rotatable bonds is 7. The maximum atomic E-state index is 12.2. The van der Waals surface area contributed by atoms with Gasteiger partial charge in [0.15, 0.2) is 6.10 Å². The van der Waals surface area contributed by atoms with Gasteiger partial charge >= 0.3 is 0 Å². The van der Waals surface area contributed by atoms with Crippen molar-refractivity contribution in [3.63, 3.8) is 0 Å². The number of ether oxygens (including phenoxy) is 2. The average molecular weight is 375 g/mol. The maximum Gasteiger partial charge on any atom is 0.280 e. The van der Waals surface area contributed by atoms with Gasteiger partial charge in [-0.1, -0.05) is 11.6 Å². The third-order valence-electron chi connectivity index (χ3n) is 3.73. The molecule has 1 amide bonds. The number of hydrogen-bond acceptors (Lipinski definition) is 4.